The summed E-state index contributed by atoms with van der Waals surface area (Å²) in [5.41, 5.74) is -0.0406. The molecule has 0 saturated carbocycles. The summed E-state index contributed by atoms with van der Waals surface area (Å²) < 4.78 is 51.8. The van der Waals surface area contributed by atoms with Crippen LogP contribution in [0.1, 0.15) is 40.2 Å². The van der Waals surface area contributed by atoms with Gasteiger partial charge in [-0.1, -0.05) is 18.2 Å². The van der Waals surface area contributed by atoms with E-state index in [1.165, 1.54) is 25.1 Å². The van der Waals surface area contributed by atoms with Crippen LogP contribution in [-0.2, 0) is 57.1 Å². The fourth-order valence-electron chi connectivity index (χ4n) is 3.49. The molecule has 0 spiro atoms. The van der Waals surface area contributed by atoms with E-state index in [0.717, 1.165) is 39.8 Å². The first-order valence-corrected chi connectivity index (χ1v) is 11.5. The molecule has 1 saturated heterocycles. The molecule has 208 valence electrons. The highest BCUT2D eigenvalue weighted by atomic mass is 19.1. The van der Waals surface area contributed by atoms with Gasteiger partial charge in [0, 0.05) is 33.3 Å². The Labute approximate surface area is 217 Å². The lowest BCUT2D eigenvalue weighted by Gasteiger charge is -2.43. The maximum absolute atomic E-state index is 14.3. The topological polar surface area (TPSA) is 150 Å². The maximum Gasteiger partial charge on any atom is 0.373 e. The number of rotatable bonds is 10. The highest BCUT2D eigenvalue weighted by molar-refractivity contribution is 5.91. The summed E-state index contributed by atoms with van der Waals surface area (Å²) in [6.45, 7) is 5.29. The van der Waals surface area contributed by atoms with Crippen molar-refractivity contribution in [3.05, 3.63) is 41.4 Å². The molecule has 0 N–H and O–H groups in total. The van der Waals surface area contributed by atoms with Gasteiger partial charge in [-0.05, 0) is 19.1 Å². The summed E-state index contributed by atoms with van der Waals surface area (Å²) in [5, 5.41) is 0. The zero-order valence-corrected chi connectivity index (χ0v) is 21.5. The Morgan fingerprint density at radius 2 is 1.39 bits per heavy atom. The van der Waals surface area contributed by atoms with Crippen LogP contribution in [0.5, 0.6) is 0 Å². The van der Waals surface area contributed by atoms with Gasteiger partial charge >= 0.3 is 29.8 Å². The predicted octanol–water partition coefficient (Wildman–Crippen LogP) is 1.83. The molecule has 12 nitrogen and oxygen atoms in total. The number of hydrogen-bond donors (Lipinski definition) is 0. The van der Waals surface area contributed by atoms with Crippen molar-refractivity contribution in [2.24, 2.45) is 0 Å². The third kappa shape index (κ3) is 8.83. The number of carbonyl (C=O) groups excluding carboxylic acids is 5. The van der Waals surface area contributed by atoms with Crippen LogP contribution < -0.4 is 0 Å². The van der Waals surface area contributed by atoms with E-state index in [2.05, 4.69) is 0 Å². The molecule has 0 radical (unpaired) electrons. The van der Waals surface area contributed by atoms with Gasteiger partial charge in [-0.3, -0.25) is 19.2 Å². The van der Waals surface area contributed by atoms with E-state index in [4.69, 9.17) is 33.2 Å². The Kier molecular flexibility index (Phi) is 11.2. The van der Waals surface area contributed by atoms with Crippen LogP contribution in [0.3, 0.4) is 0 Å². The largest absolute Gasteiger partial charge is 0.463 e. The van der Waals surface area contributed by atoms with Gasteiger partial charge in [0.2, 0.25) is 18.2 Å². The molecule has 1 aromatic carbocycles. The van der Waals surface area contributed by atoms with E-state index < -0.39 is 78.7 Å². The monoisotopic (exact) mass is 540 g/mol. The molecule has 2 rings (SSSR count). The molecule has 38 heavy (non-hydrogen) atoms. The summed E-state index contributed by atoms with van der Waals surface area (Å²) in [5.74, 6) is -5.45. The molecule has 1 aliphatic rings. The zero-order valence-electron chi connectivity index (χ0n) is 21.5. The van der Waals surface area contributed by atoms with Gasteiger partial charge in [-0.2, -0.15) is 0 Å². The van der Waals surface area contributed by atoms with E-state index >= 15 is 0 Å². The number of benzene rings is 1. The second-order valence-electron chi connectivity index (χ2n) is 7.94. The predicted molar refractivity (Wildman–Crippen MR) is 124 cm³/mol. The molecular weight excluding hydrogens is 511 g/mol. The SMILES string of the molecule is CCOC(=O)C(=Cc1ccccc1F)O[C@H]1O[C@@H](COC(C)=O)[C@@H](OC(C)=O)[C@@H](OC(C)=O)[C@@H]1OC(C)=O. The summed E-state index contributed by atoms with van der Waals surface area (Å²) in [6.07, 6.45) is -6.48. The van der Waals surface area contributed by atoms with E-state index in [1.807, 2.05) is 0 Å². The molecule has 0 amide bonds. The van der Waals surface area contributed by atoms with Crippen LogP contribution in [0.15, 0.2) is 30.0 Å². The first kappa shape index (κ1) is 30.2. The summed E-state index contributed by atoms with van der Waals surface area (Å²) >= 11 is 0. The van der Waals surface area contributed by atoms with E-state index in [1.54, 1.807) is 0 Å². The van der Waals surface area contributed by atoms with Crippen LogP contribution in [0.25, 0.3) is 6.08 Å². The Hall–Kier alpha value is -4.00. The van der Waals surface area contributed by atoms with Crippen molar-refractivity contribution < 1.29 is 61.5 Å². The van der Waals surface area contributed by atoms with Crippen molar-refractivity contribution in [1.82, 2.24) is 0 Å². The van der Waals surface area contributed by atoms with Gasteiger partial charge in [0.25, 0.3) is 0 Å². The highest BCUT2D eigenvalue weighted by Gasteiger charge is 2.53. The number of esters is 5. The molecule has 13 heteroatoms. The van der Waals surface area contributed by atoms with Crippen molar-refractivity contribution in [3.8, 4) is 0 Å². The average Bonchev–Trinajstić information content (AvgIpc) is 2.81. The molecule has 0 aromatic heterocycles. The number of ether oxygens (including phenoxy) is 7. The first-order valence-electron chi connectivity index (χ1n) is 11.5. The Morgan fingerprint density at radius 3 is 1.95 bits per heavy atom. The number of halogens is 1. The van der Waals surface area contributed by atoms with Crippen LogP contribution in [0, 0.1) is 5.82 Å². The van der Waals surface area contributed by atoms with Crippen LogP contribution >= 0.6 is 0 Å². The smallest absolute Gasteiger partial charge is 0.373 e. The standard InChI is InChI=1S/C25H29FO12/c1-6-32-24(31)19(11-17-9-7-8-10-18(17)26)37-25-23(36-16(5)30)22(35-15(4)29)21(34-14(3)28)20(38-25)12-33-13(2)27/h7-11,20-23,25H,6,12H2,1-5H3/t20-,21+,22+,23-,25-/m0/s1. The molecular formula is C25H29FO12. The summed E-state index contributed by atoms with van der Waals surface area (Å²) in [6, 6.07) is 5.48. The highest BCUT2D eigenvalue weighted by Crippen LogP contribution is 2.31. The molecule has 1 aromatic rings. The zero-order chi connectivity index (χ0) is 28.4. The number of carbonyl (C=O) groups is 5. The minimum Gasteiger partial charge on any atom is -0.463 e. The van der Waals surface area contributed by atoms with E-state index in [0.29, 0.717) is 0 Å². The maximum atomic E-state index is 14.3. The summed E-state index contributed by atoms with van der Waals surface area (Å²) in [4.78, 5) is 59.9. The molecule has 1 fully saturated rings. The van der Waals surface area contributed by atoms with Crippen molar-refractivity contribution in [2.75, 3.05) is 13.2 Å². The second kappa shape index (κ2) is 14.1. The van der Waals surface area contributed by atoms with Gasteiger partial charge in [0.05, 0.1) is 6.61 Å². The van der Waals surface area contributed by atoms with Crippen molar-refractivity contribution in [3.63, 3.8) is 0 Å². The minimum absolute atomic E-state index is 0.0406. The molecule has 0 aliphatic carbocycles. The van der Waals surface area contributed by atoms with Crippen LogP contribution in [0.4, 0.5) is 4.39 Å². The lowest BCUT2D eigenvalue weighted by Crippen LogP contribution is -2.63. The Morgan fingerprint density at radius 1 is 0.816 bits per heavy atom. The fraction of sp³-hybridized carbons (Fsp3) is 0.480. The third-order valence-electron chi connectivity index (χ3n) is 4.86. The molecule has 0 unspecified atom stereocenters. The van der Waals surface area contributed by atoms with Gasteiger partial charge in [-0.15, -0.1) is 0 Å². The van der Waals surface area contributed by atoms with E-state index in [9.17, 15) is 28.4 Å². The molecule has 1 heterocycles. The first-order chi connectivity index (χ1) is 17.9. The van der Waals surface area contributed by atoms with Crippen molar-refractivity contribution in [2.45, 2.75) is 65.3 Å². The van der Waals surface area contributed by atoms with Gasteiger partial charge < -0.3 is 33.2 Å². The number of hydrogen-bond acceptors (Lipinski definition) is 12. The van der Waals surface area contributed by atoms with Gasteiger partial charge in [0.1, 0.15) is 18.5 Å². The minimum atomic E-state index is -1.70. The molecule has 0 bridgehead atoms. The van der Waals surface area contributed by atoms with Crippen molar-refractivity contribution >= 4 is 35.9 Å². The quantitative estimate of drug-likeness (QED) is 0.184. The normalized spacial score (nSPS) is 23.0. The Bertz CT molecular complexity index is 1070. The van der Waals surface area contributed by atoms with Crippen LogP contribution in [0.2, 0.25) is 0 Å². The lowest BCUT2D eigenvalue weighted by molar-refractivity contribution is -0.299. The summed E-state index contributed by atoms with van der Waals surface area (Å²) in [7, 11) is 0. The Balaban J connectivity index is 2.59. The second-order valence-corrected chi connectivity index (χ2v) is 7.94. The fourth-order valence-corrected chi connectivity index (χ4v) is 3.49. The van der Waals surface area contributed by atoms with Gasteiger partial charge in [-0.25, -0.2) is 9.18 Å². The van der Waals surface area contributed by atoms with Crippen LogP contribution in [-0.4, -0.2) is 73.8 Å². The lowest BCUT2D eigenvalue weighted by atomic mass is 9.98. The molecule has 5 atom stereocenters. The van der Waals surface area contributed by atoms with E-state index in [-0.39, 0.29) is 12.2 Å². The third-order valence-corrected chi connectivity index (χ3v) is 4.86. The van der Waals surface area contributed by atoms with Gasteiger partial charge in [0.15, 0.2) is 12.2 Å². The average molecular weight is 540 g/mol. The van der Waals surface area contributed by atoms with Crippen molar-refractivity contribution in [1.29, 1.82) is 0 Å². The molecule has 1 aliphatic heterocycles.